The summed E-state index contributed by atoms with van der Waals surface area (Å²) in [5.41, 5.74) is 0.832. The molecule has 2 bridgehead atoms. The molecule has 0 amide bonds. The molecule has 0 N–H and O–H groups in total. The fourth-order valence-corrected chi connectivity index (χ4v) is 5.23. The number of fused-ring (bicyclic) bond motifs is 5. The molecule has 7 nitrogen and oxygen atoms in total. The number of ether oxygens (including phenoxy) is 2. The lowest BCUT2D eigenvalue weighted by Gasteiger charge is -2.26. The highest BCUT2D eigenvalue weighted by molar-refractivity contribution is 5.79. The van der Waals surface area contributed by atoms with Gasteiger partial charge in [-0.2, -0.15) is 26.3 Å². The Bertz CT molecular complexity index is 1400. The minimum absolute atomic E-state index is 0.0383. The first-order chi connectivity index (χ1) is 17.9. The molecule has 0 saturated heterocycles. The summed E-state index contributed by atoms with van der Waals surface area (Å²) < 4.78 is 88.0. The second-order valence-corrected chi connectivity index (χ2v) is 8.81. The quantitative estimate of drug-likeness (QED) is 0.209. The van der Waals surface area contributed by atoms with Crippen molar-refractivity contribution in [1.29, 1.82) is 0 Å². The van der Waals surface area contributed by atoms with Crippen LogP contribution in [0.1, 0.15) is 29.4 Å². The van der Waals surface area contributed by atoms with Gasteiger partial charge in [-0.3, -0.25) is 0 Å². The van der Waals surface area contributed by atoms with Crippen LogP contribution in [-0.4, -0.2) is 41.6 Å². The van der Waals surface area contributed by atoms with Crippen molar-refractivity contribution in [2.45, 2.75) is 42.8 Å². The van der Waals surface area contributed by atoms with Crippen molar-refractivity contribution in [3.63, 3.8) is 0 Å². The van der Waals surface area contributed by atoms with E-state index in [0.29, 0.717) is 11.1 Å². The second-order valence-electron chi connectivity index (χ2n) is 8.81. The van der Waals surface area contributed by atoms with Gasteiger partial charge in [-0.25, -0.2) is 9.59 Å². The van der Waals surface area contributed by atoms with E-state index >= 15 is 0 Å². The highest BCUT2D eigenvalue weighted by Gasteiger charge is 2.62. The number of halogens is 6. The maximum Gasteiger partial charge on any atom is 0.490 e. The van der Waals surface area contributed by atoms with Crippen LogP contribution in [0.2, 0.25) is 0 Å². The van der Waals surface area contributed by atoms with Gasteiger partial charge < -0.3 is 14.7 Å². The summed E-state index contributed by atoms with van der Waals surface area (Å²) in [5, 5.41) is 17.3. The fraction of sp³-hybridized carbons (Fsp3) is 0.280. The summed E-state index contributed by atoms with van der Waals surface area (Å²) in [5.74, 6) is -7.73. The van der Waals surface area contributed by atoms with Crippen LogP contribution in [0.3, 0.4) is 0 Å². The number of aromatic nitrogens is 2. The normalized spacial score (nSPS) is 22.2. The molecular formula is C25H16F6N2O5. The molecule has 198 valence electrons. The van der Waals surface area contributed by atoms with E-state index in [4.69, 9.17) is 4.74 Å². The minimum Gasteiger partial charge on any atom is -0.594 e. The number of nitrogens with zero attached hydrogens (tertiary/aromatic N) is 2. The molecule has 1 fully saturated rings. The van der Waals surface area contributed by atoms with Gasteiger partial charge >= 0.3 is 24.3 Å². The minimum atomic E-state index is -5.40. The predicted molar refractivity (Wildman–Crippen MR) is 116 cm³/mol. The molecule has 0 radical (unpaired) electrons. The van der Waals surface area contributed by atoms with E-state index in [1.54, 1.807) is 60.7 Å². The second kappa shape index (κ2) is 8.99. The van der Waals surface area contributed by atoms with Gasteiger partial charge in [0, 0.05) is 27.7 Å². The lowest BCUT2D eigenvalue weighted by molar-refractivity contribution is -0.657. The molecule has 4 atom stereocenters. The maximum absolute atomic E-state index is 13.2. The lowest BCUT2D eigenvalue weighted by atomic mass is 9.85. The Balaban J connectivity index is 1.73. The monoisotopic (exact) mass is 538 g/mol. The number of carbonyl (C=O) groups excluding carboxylic acids is 2. The third kappa shape index (κ3) is 4.31. The molecule has 1 saturated carbocycles. The van der Waals surface area contributed by atoms with Crippen LogP contribution in [0.4, 0.5) is 26.3 Å². The van der Waals surface area contributed by atoms with Crippen molar-refractivity contribution in [2.75, 3.05) is 0 Å². The smallest absolute Gasteiger partial charge is 0.490 e. The van der Waals surface area contributed by atoms with E-state index in [2.05, 4.69) is 9.84 Å². The van der Waals surface area contributed by atoms with Crippen LogP contribution in [0.5, 0.6) is 0 Å². The zero-order chi connectivity index (χ0) is 27.4. The molecule has 2 aliphatic carbocycles. The number of rotatable bonds is 4. The van der Waals surface area contributed by atoms with E-state index in [-0.39, 0.29) is 27.4 Å². The van der Waals surface area contributed by atoms with Gasteiger partial charge in [-0.05, 0) is 23.4 Å². The van der Waals surface area contributed by atoms with Crippen LogP contribution in [-0.2, 0) is 19.1 Å². The van der Waals surface area contributed by atoms with Crippen LogP contribution in [0.15, 0.2) is 60.7 Å². The first-order valence-electron chi connectivity index (χ1n) is 11.2. The van der Waals surface area contributed by atoms with Crippen LogP contribution < -0.4 is 4.85 Å². The summed E-state index contributed by atoms with van der Waals surface area (Å²) >= 11 is 0. The van der Waals surface area contributed by atoms with E-state index < -0.39 is 54.8 Å². The van der Waals surface area contributed by atoms with Gasteiger partial charge in [-0.15, -0.1) is 0 Å². The maximum atomic E-state index is 13.2. The zero-order valence-electron chi connectivity index (χ0n) is 19.0. The van der Waals surface area contributed by atoms with Gasteiger partial charge in [0.25, 0.3) is 5.69 Å². The van der Waals surface area contributed by atoms with E-state index in [0.717, 1.165) is 0 Å². The molecule has 38 heavy (non-hydrogen) atoms. The molecule has 1 unspecified atom stereocenters. The van der Waals surface area contributed by atoms with Crippen LogP contribution >= 0.6 is 0 Å². The lowest BCUT2D eigenvalue weighted by Crippen LogP contribution is -2.39. The van der Waals surface area contributed by atoms with E-state index in [1.165, 1.54) is 0 Å². The molecule has 0 aliphatic heterocycles. The first kappa shape index (κ1) is 25.5. The number of carbonyl (C=O) groups is 2. The summed E-state index contributed by atoms with van der Waals surface area (Å²) in [4.78, 5) is 23.8. The third-order valence-corrected chi connectivity index (χ3v) is 6.58. The molecule has 5 rings (SSSR count). The van der Waals surface area contributed by atoms with Gasteiger partial charge in [0.1, 0.15) is 17.9 Å². The molecule has 2 aliphatic rings. The average molecular weight is 538 g/mol. The van der Waals surface area contributed by atoms with Crippen molar-refractivity contribution in [3.8, 4) is 22.5 Å². The van der Waals surface area contributed by atoms with Gasteiger partial charge in [0.2, 0.25) is 0 Å². The standard InChI is InChI=1S/C25H16F6N2O5/c26-24(27,28)22(34)37-15-11-14-16-18(17(15)21(14)38-23(35)25(29,30)31)19(12-7-3-1-4-8-12)32-33(36)20(16)13-9-5-2-6-10-13/h1-10,14-15,17,21H,11H2/t14-,15+,17+,21?/m1/s1. The predicted octanol–water partition coefficient (Wildman–Crippen LogP) is 4.58. The molecule has 0 spiro atoms. The van der Waals surface area contributed by atoms with Gasteiger partial charge in [0.05, 0.1) is 11.5 Å². The van der Waals surface area contributed by atoms with Crippen molar-refractivity contribution in [3.05, 3.63) is 77.0 Å². The Morgan fingerprint density at radius 3 is 1.89 bits per heavy atom. The van der Waals surface area contributed by atoms with E-state index in [9.17, 15) is 41.1 Å². The highest BCUT2D eigenvalue weighted by Crippen LogP contribution is 2.59. The number of hydrogen-bond acceptors (Lipinski definition) is 6. The number of alkyl halides is 6. The van der Waals surface area contributed by atoms with Crippen LogP contribution in [0, 0.1) is 5.21 Å². The summed E-state index contributed by atoms with van der Waals surface area (Å²) in [6, 6.07) is 15.9. The summed E-state index contributed by atoms with van der Waals surface area (Å²) in [7, 11) is 0. The van der Waals surface area contributed by atoms with Gasteiger partial charge in [0.15, 0.2) is 0 Å². The number of hydrogen-bond donors (Lipinski definition) is 0. The topological polar surface area (TPSA) is 92.4 Å². The largest absolute Gasteiger partial charge is 0.594 e. The van der Waals surface area contributed by atoms with Crippen molar-refractivity contribution in [1.82, 2.24) is 5.10 Å². The highest BCUT2D eigenvalue weighted by atomic mass is 19.4. The Morgan fingerprint density at radius 2 is 1.34 bits per heavy atom. The Kier molecular flexibility index (Phi) is 6.03. The van der Waals surface area contributed by atoms with E-state index in [1.807, 2.05) is 0 Å². The molecule has 1 heterocycles. The third-order valence-electron chi connectivity index (χ3n) is 6.58. The van der Waals surface area contributed by atoms with Crippen LogP contribution in [0.25, 0.3) is 22.5 Å². The molecule has 1 aromatic heterocycles. The first-order valence-corrected chi connectivity index (χ1v) is 11.2. The molecule has 3 aromatic rings. The number of benzene rings is 2. The molecular weight excluding hydrogens is 522 g/mol. The van der Waals surface area contributed by atoms with Crippen molar-refractivity contribution >= 4 is 11.9 Å². The average Bonchev–Trinajstić information content (AvgIpc) is 3.35. The summed E-state index contributed by atoms with van der Waals surface area (Å²) in [6.45, 7) is 0. The number of esters is 2. The van der Waals surface area contributed by atoms with Gasteiger partial charge in [-0.1, -0.05) is 48.5 Å². The molecule has 13 heteroatoms. The molecule has 2 aromatic carbocycles. The van der Waals surface area contributed by atoms with Crippen molar-refractivity contribution < 1.29 is 50.3 Å². The Labute approximate surface area is 210 Å². The fourth-order valence-electron chi connectivity index (χ4n) is 5.23. The Morgan fingerprint density at radius 1 is 0.816 bits per heavy atom. The Hall–Kier alpha value is -4.16. The van der Waals surface area contributed by atoms with Crippen molar-refractivity contribution in [2.24, 2.45) is 0 Å². The zero-order valence-corrected chi connectivity index (χ0v) is 19.0. The summed E-state index contributed by atoms with van der Waals surface area (Å²) in [6.07, 6.45) is -14.4. The SMILES string of the molecule is O=C(OC1[C@@H]2C[C@H](OC(=O)C(F)(F)F)[C@H]1c1c(-c3ccccc3)n[n+]([O-])c(-c3ccccc3)c12)C(F)(F)F.